The lowest BCUT2D eigenvalue weighted by Crippen LogP contribution is -1.98. The first kappa shape index (κ1) is 13.8. The molecule has 0 saturated heterocycles. The summed E-state index contributed by atoms with van der Waals surface area (Å²) in [6.07, 6.45) is 12.0. The van der Waals surface area contributed by atoms with E-state index in [1.807, 2.05) is 24.3 Å². The molecule has 0 atom stereocenters. The summed E-state index contributed by atoms with van der Waals surface area (Å²) in [5, 5.41) is 2.13. The maximum Gasteiger partial charge on any atom is 0.123 e. The van der Waals surface area contributed by atoms with E-state index in [9.17, 15) is 0 Å². The molecule has 100 valence electrons. The van der Waals surface area contributed by atoms with Gasteiger partial charge in [0.2, 0.25) is 0 Å². The van der Waals surface area contributed by atoms with Gasteiger partial charge in [-0.05, 0) is 22.9 Å². The van der Waals surface area contributed by atoms with Gasteiger partial charge in [-0.1, -0.05) is 12.1 Å². The second-order valence-electron chi connectivity index (χ2n) is 4.35. The highest BCUT2D eigenvalue weighted by molar-refractivity contribution is 5.93. The number of terminal acetylenes is 2. The van der Waals surface area contributed by atoms with Gasteiger partial charge in [-0.15, -0.1) is 24.7 Å². The summed E-state index contributed by atoms with van der Waals surface area (Å²) < 4.78 is 10.8. The monoisotopic (exact) mass is 264 g/mol. The van der Waals surface area contributed by atoms with Crippen molar-refractivity contribution in [3.05, 3.63) is 35.4 Å². The van der Waals surface area contributed by atoms with Crippen molar-refractivity contribution in [1.29, 1.82) is 0 Å². The minimum atomic E-state index is 0.491. The zero-order valence-corrected chi connectivity index (χ0v) is 11.7. The van der Waals surface area contributed by atoms with Crippen LogP contribution in [-0.2, 0) is 12.8 Å². The van der Waals surface area contributed by atoms with Crippen LogP contribution < -0.4 is 9.47 Å². The fourth-order valence-corrected chi connectivity index (χ4v) is 2.47. The second kappa shape index (κ2) is 6.04. The minimum Gasteiger partial charge on any atom is -0.496 e. The van der Waals surface area contributed by atoms with Crippen LogP contribution in [0.4, 0.5) is 0 Å². The molecule has 2 aromatic rings. The first-order valence-electron chi connectivity index (χ1n) is 6.29. The zero-order chi connectivity index (χ0) is 14.5. The smallest absolute Gasteiger partial charge is 0.123 e. The number of rotatable bonds is 4. The van der Waals surface area contributed by atoms with Gasteiger partial charge in [0.1, 0.15) is 11.5 Å². The lowest BCUT2D eigenvalue weighted by molar-refractivity contribution is 0.409. The molecule has 20 heavy (non-hydrogen) atoms. The third-order valence-electron chi connectivity index (χ3n) is 3.31. The molecule has 0 aromatic heterocycles. The minimum absolute atomic E-state index is 0.491. The highest BCUT2D eigenvalue weighted by Gasteiger charge is 2.14. The highest BCUT2D eigenvalue weighted by Crippen LogP contribution is 2.35. The number of hydrogen-bond donors (Lipinski definition) is 0. The molecule has 0 fully saturated rings. The number of benzene rings is 2. The molecule has 0 amide bonds. The van der Waals surface area contributed by atoms with Crippen molar-refractivity contribution in [2.45, 2.75) is 12.8 Å². The van der Waals surface area contributed by atoms with Crippen LogP contribution in [0.1, 0.15) is 11.1 Å². The zero-order valence-electron chi connectivity index (χ0n) is 11.7. The lowest BCUT2D eigenvalue weighted by Gasteiger charge is -2.15. The fourth-order valence-electron chi connectivity index (χ4n) is 2.47. The Balaban J connectivity index is 2.88. The van der Waals surface area contributed by atoms with Crippen LogP contribution in [0, 0.1) is 24.7 Å². The largest absolute Gasteiger partial charge is 0.496 e. The Hall–Kier alpha value is -2.58. The molecule has 2 aromatic carbocycles. The van der Waals surface area contributed by atoms with E-state index < -0.39 is 0 Å². The maximum absolute atomic E-state index is 5.49. The molecular formula is C18H16O2. The van der Waals surface area contributed by atoms with Crippen molar-refractivity contribution < 1.29 is 9.47 Å². The predicted octanol–water partition coefficient (Wildman–Crippen LogP) is 3.21. The van der Waals surface area contributed by atoms with Gasteiger partial charge in [-0.25, -0.2) is 0 Å². The van der Waals surface area contributed by atoms with Gasteiger partial charge in [0.15, 0.2) is 0 Å². The van der Waals surface area contributed by atoms with Gasteiger partial charge < -0.3 is 9.47 Å². The maximum atomic E-state index is 5.49. The summed E-state index contributed by atoms with van der Waals surface area (Å²) in [4.78, 5) is 0. The van der Waals surface area contributed by atoms with E-state index in [2.05, 4.69) is 11.8 Å². The molecule has 0 bridgehead atoms. The van der Waals surface area contributed by atoms with E-state index in [4.69, 9.17) is 22.3 Å². The van der Waals surface area contributed by atoms with Gasteiger partial charge in [-0.3, -0.25) is 0 Å². The Morgan fingerprint density at radius 3 is 1.65 bits per heavy atom. The Morgan fingerprint density at radius 2 is 1.30 bits per heavy atom. The molecule has 0 aliphatic carbocycles. The van der Waals surface area contributed by atoms with Crippen molar-refractivity contribution in [3.8, 4) is 36.2 Å². The quantitative estimate of drug-likeness (QED) is 0.789. The van der Waals surface area contributed by atoms with Gasteiger partial charge in [-0.2, -0.15) is 0 Å². The molecule has 2 rings (SSSR count). The molecule has 0 aliphatic heterocycles. The summed E-state index contributed by atoms with van der Waals surface area (Å²) in [6, 6.07) is 7.88. The average molecular weight is 264 g/mol. The Labute approximate surface area is 119 Å². The van der Waals surface area contributed by atoms with Crippen LogP contribution >= 0.6 is 0 Å². The summed E-state index contributed by atoms with van der Waals surface area (Å²) in [5.74, 6) is 6.93. The highest BCUT2D eigenvalue weighted by atomic mass is 16.5. The molecule has 0 radical (unpaired) electrons. The van der Waals surface area contributed by atoms with E-state index in [0.717, 1.165) is 33.4 Å². The van der Waals surface area contributed by atoms with Crippen molar-refractivity contribution in [1.82, 2.24) is 0 Å². The topological polar surface area (TPSA) is 18.5 Å². The predicted molar refractivity (Wildman–Crippen MR) is 82.1 cm³/mol. The summed E-state index contributed by atoms with van der Waals surface area (Å²) in [7, 11) is 3.28. The molecule has 0 N–H and O–H groups in total. The molecule has 0 aliphatic rings. The summed E-state index contributed by atoms with van der Waals surface area (Å²) in [5.41, 5.74) is 1.97. The van der Waals surface area contributed by atoms with Crippen LogP contribution in [0.15, 0.2) is 24.3 Å². The van der Waals surface area contributed by atoms with Crippen molar-refractivity contribution in [2.75, 3.05) is 14.2 Å². The van der Waals surface area contributed by atoms with E-state index in [1.165, 1.54) is 0 Å². The Morgan fingerprint density at radius 1 is 0.850 bits per heavy atom. The summed E-state index contributed by atoms with van der Waals surface area (Å²) in [6.45, 7) is 0. The first-order valence-corrected chi connectivity index (χ1v) is 6.29. The Bertz CT molecular complexity index is 656. The summed E-state index contributed by atoms with van der Waals surface area (Å²) >= 11 is 0. The van der Waals surface area contributed by atoms with Crippen LogP contribution in [0.25, 0.3) is 10.8 Å². The molecular weight excluding hydrogens is 248 g/mol. The van der Waals surface area contributed by atoms with Crippen LogP contribution in [0.2, 0.25) is 0 Å². The SMILES string of the molecule is C#CCc1c(OC)ccc2ccc(OC)c(CC#C)c12. The van der Waals surface area contributed by atoms with Gasteiger partial charge >= 0.3 is 0 Å². The van der Waals surface area contributed by atoms with Gasteiger partial charge in [0.05, 0.1) is 14.2 Å². The number of methoxy groups -OCH3 is 2. The normalized spacial score (nSPS) is 9.80. The van der Waals surface area contributed by atoms with Crippen molar-refractivity contribution in [3.63, 3.8) is 0 Å². The molecule has 0 spiro atoms. The van der Waals surface area contributed by atoms with E-state index in [0.29, 0.717) is 12.8 Å². The van der Waals surface area contributed by atoms with Crippen molar-refractivity contribution in [2.24, 2.45) is 0 Å². The number of ether oxygens (including phenoxy) is 2. The third kappa shape index (κ3) is 2.29. The average Bonchev–Trinajstić information content (AvgIpc) is 2.48. The van der Waals surface area contributed by atoms with Gasteiger partial charge in [0, 0.05) is 24.0 Å². The molecule has 2 nitrogen and oxygen atoms in total. The van der Waals surface area contributed by atoms with E-state index in [-0.39, 0.29) is 0 Å². The van der Waals surface area contributed by atoms with Crippen LogP contribution in [-0.4, -0.2) is 14.2 Å². The van der Waals surface area contributed by atoms with E-state index in [1.54, 1.807) is 14.2 Å². The lowest BCUT2D eigenvalue weighted by atomic mass is 9.94. The fraction of sp³-hybridized carbons (Fsp3) is 0.222. The molecule has 2 heteroatoms. The molecule has 0 heterocycles. The van der Waals surface area contributed by atoms with Crippen LogP contribution in [0.5, 0.6) is 11.5 Å². The first-order chi connectivity index (χ1) is 9.76. The second-order valence-corrected chi connectivity index (χ2v) is 4.35. The number of fused-ring (bicyclic) bond motifs is 1. The van der Waals surface area contributed by atoms with Crippen molar-refractivity contribution >= 4 is 10.8 Å². The third-order valence-corrected chi connectivity index (χ3v) is 3.31. The Kier molecular flexibility index (Phi) is 4.18. The van der Waals surface area contributed by atoms with E-state index >= 15 is 0 Å². The molecule has 0 saturated carbocycles. The molecule has 0 unspecified atom stereocenters. The standard InChI is InChI=1S/C18H16O2/c1-5-7-14-16(19-3)11-9-13-10-12-17(20-4)15(8-6-2)18(13)14/h1-2,9-12H,7-8H2,3-4H3. The van der Waals surface area contributed by atoms with Gasteiger partial charge in [0.25, 0.3) is 0 Å². The van der Waals surface area contributed by atoms with Crippen LogP contribution in [0.3, 0.4) is 0 Å². The number of hydrogen-bond acceptors (Lipinski definition) is 2.